The lowest BCUT2D eigenvalue weighted by atomic mass is 10.7. The molecule has 0 aliphatic heterocycles. The normalized spacial score (nSPS) is 12.5. The molecule has 0 rings (SSSR count). The van der Waals surface area contributed by atoms with Gasteiger partial charge < -0.3 is 14.5 Å². The third-order valence-corrected chi connectivity index (χ3v) is 7.03. The van der Waals surface area contributed by atoms with Crippen molar-refractivity contribution in [3.63, 3.8) is 0 Å². The molecule has 0 bridgehead atoms. The number of rotatable bonds is 6. The van der Waals surface area contributed by atoms with Crippen molar-refractivity contribution in [2.24, 2.45) is 0 Å². The van der Waals surface area contributed by atoms with Gasteiger partial charge in [-0.3, -0.25) is 0 Å². The van der Waals surface area contributed by atoms with Gasteiger partial charge in [-0.15, -0.1) is 0 Å². The Morgan fingerprint density at radius 2 is 1.42 bits per heavy atom. The lowest BCUT2D eigenvalue weighted by molar-refractivity contribution is 0.438. The van der Waals surface area contributed by atoms with Crippen molar-refractivity contribution < 1.29 is 0 Å². The van der Waals surface area contributed by atoms with E-state index >= 15 is 0 Å². The van der Waals surface area contributed by atoms with Crippen LogP contribution in [0, 0.1) is 0 Å². The molecule has 2 N–H and O–H groups in total. The van der Waals surface area contributed by atoms with Crippen LogP contribution in [0.1, 0.15) is 20.8 Å². The monoisotopic (exact) mass is 189 g/mol. The SMILES string of the molecule is CCN(CC)[Si](CC)(NC)NC. The fraction of sp³-hybridized carbons (Fsp3) is 1.00. The minimum Gasteiger partial charge on any atom is -0.316 e. The quantitative estimate of drug-likeness (QED) is 0.603. The third-order valence-electron chi connectivity index (χ3n) is 2.64. The highest BCUT2D eigenvalue weighted by atomic mass is 28.4. The van der Waals surface area contributed by atoms with Gasteiger partial charge in [0.05, 0.1) is 0 Å². The Balaban J connectivity index is 4.42. The maximum absolute atomic E-state index is 3.47. The molecule has 0 atom stereocenters. The van der Waals surface area contributed by atoms with Gasteiger partial charge in [-0.05, 0) is 33.2 Å². The Hall–Kier alpha value is 0.0969. The molecule has 0 saturated heterocycles. The molecule has 0 spiro atoms. The first-order chi connectivity index (χ1) is 5.70. The average molecular weight is 189 g/mol. The Morgan fingerprint density at radius 3 is 1.50 bits per heavy atom. The maximum Gasteiger partial charge on any atom is 0.283 e. The molecule has 12 heavy (non-hydrogen) atoms. The lowest BCUT2D eigenvalue weighted by Crippen LogP contribution is -2.71. The summed E-state index contributed by atoms with van der Waals surface area (Å²) < 4.78 is 2.52. The van der Waals surface area contributed by atoms with E-state index in [-0.39, 0.29) is 0 Å². The van der Waals surface area contributed by atoms with E-state index in [1.54, 1.807) is 0 Å². The van der Waals surface area contributed by atoms with E-state index in [0.29, 0.717) is 0 Å². The van der Waals surface area contributed by atoms with Crippen molar-refractivity contribution >= 4 is 8.56 Å². The summed E-state index contributed by atoms with van der Waals surface area (Å²) in [5.41, 5.74) is 0. The highest BCUT2D eigenvalue weighted by molar-refractivity contribution is 6.72. The molecule has 74 valence electrons. The van der Waals surface area contributed by atoms with E-state index in [9.17, 15) is 0 Å². The van der Waals surface area contributed by atoms with Gasteiger partial charge in [-0.25, -0.2) is 0 Å². The van der Waals surface area contributed by atoms with E-state index in [0.717, 1.165) is 13.1 Å². The van der Waals surface area contributed by atoms with Gasteiger partial charge in [0.1, 0.15) is 0 Å². The van der Waals surface area contributed by atoms with Crippen molar-refractivity contribution in [2.45, 2.75) is 26.8 Å². The summed E-state index contributed by atoms with van der Waals surface area (Å²) in [6, 6.07) is 1.20. The van der Waals surface area contributed by atoms with Crippen LogP contribution in [0.4, 0.5) is 0 Å². The highest BCUT2D eigenvalue weighted by Crippen LogP contribution is 2.06. The standard InChI is InChI=1S/C8H23N3Si/c1-6-11(7-2)12(8-3,9-4)10-5/h9-10H,6-8H2,1-5H3. The minimum atomic E-state index is -1.51. The summed E-state index contributed by atoms with van der Waals surface area (Å²) in [4.78, 5) is 6.94. The molecule has 0 radical (unpaired) electrons. The number of nitrogens with one attached hydrogen (secondary N) is 2. The van der Waals surface area contributed by atoms with Gasteiger partial charge in [0.2, 0.25) is 0 Å². The number of nitrogens with zero attached hydrogens (tertiary/aromatic N) is 1. The summed E-state index contributed by atoms with van der Waals surface area (Å²) in [6.07, 6.45) is 0. The van der Waals surface area contributed by atoms with Gasteiger partial charge in [-0.1, -0.05) is 20.8 Å². The minimum absolute atomic E-state index is 1.12. The Labute approximate surface area is 77.8 Å². The number of hydrogen-bond acceptors (Lipinski definition) is 3. The van der Waals surface area contributed by atoms with Crippen LogP contribution in [0.15, 0.2) is 0 Å². The predicted molar refractivity (Wildman–Crippen MR) is 57.3 cm³/mol. The van der Waals surface area contributed by atoms with Gasteiger partial charge in [-0.2, -0.15) is 0 Å². The molecule has 0 saturated carbocycles. The van der Waals surface area contributed by atoms with Crippen LogP contribution in [0.2, 0.25) is 6.04 Å². The second kappa shape index (κ2) is 5.69. The van der Waals surface area contributed by atoms with E-state index in [1.165, 1.54) is 6.04 Å². The van der Waals surface area contributed by atoms with Crippen molar-refractivity contribution in [2.75, 3.05) is 27.2 Å². The van der Waals surface area contributed by atoms with Gasteiger partial charge >= 0.3 is 0 Å². The topological polar surface area (TPSA) is 27.3 Å². The second-order valence-corrected chi connectivity index (χ2v) is 6.95. The molecule has 0 amide bonds. The van der Waals surface area contributed by atoms with E-state index < -0.39 is 8.56 Å². The molecule has 4 heteroatoms. The Kier molecular flexibility index (Phi) is 5.74. The Bertz CT molecular complexity index is 103. The lowest BCUT2D eigenvalue weighted by Gasteiger charge is -2.39. The molecule has 0 aromatic heterocycles. The zero-order valence-electron chi connectivity index (χ0n) is 9.07. The number of hydrogen-bond donors (Lipinski definition) is 2. The average Bonchev–Trinajstić information content (AvgIpc) is 2.14. The van der Waals surface area contributed by atoms with Crippen molar-refractivity contribution in [1.29, 1.82) is 0 Å². The molecular formula is C8H23N3Si. The van der Waals surface area contributed by atoms with Gasteiger partial charge in [0.25, 0.3) is 8.56 Å². The molecule has 3 nitrogen and oxygen atoms in total. The first-order valence-corrected chi connectivity index (χ1v) is 6.99. The molecule has 0 aliphatic rings. The third kappa shape index (κ3) is 2.29. The van der Waals surface area contributed by atoms with Crippen LogP contribution in [-0.2, 0) is 0 Å². The zero-order chi connectivity index (χ0) is 9.61. The summed E-state index contributed by atoms with van der Waals surface area (Å²) in [5, 5.41) is 0. The summed E-state index contributed by atoms with van der Waals surface area (Å²) >= 11 is 0. The smallest absolute Gasteiger partial charge is 0.283 e. The van der Waals surface area contributed by atoms with E-state index in [1.807, 2.05) is 0 Å². The molecule has 0 aromatic rings. The van der Waals surface area contributed by atoms with Crippen LogP contribution >= 0.6 is 0 Å². The first-order valence-electron chi connectivity index (χ1n) is 4.83. The van der Waals surface area contributed by atoms with Crippen molar-refractivity contribution in [3.05, 3.63) is 0 Å². The molecule has 0 fully saturated rings. The molecule has 0 aromatic carbocycles. The van der Waals surface area contributed by atoms with E-state index in [2.05, 4.69) is 49.4 Å². The summed E-state index contributed by atoms with van der Waals surface area (Å²) in [7, 11) is 2.61. The summed E-state index contributed by atoms with van der Waals surface area (Å²) in [5.74, 6) is 0. The van der Waals surface area contributed by atoms with E-state index in [4.69, 9.17) is 0 Å². The second-order valence-electron chi connectivity index (χ2n) is 2.89. The predicted octanol–water partition coefficient (Wildman–Crippen LogP) is 0.726. The first kappa shape index (κ1) is 12.1. The van der Waals surface area contributed by atoms with Crippen LogP contribution in [0.3, 0.4) is 0 Å². The van der Waals surface area contributed by atoms with Crippen LogP contribution < -0.4 is 9.96 Å². The van der Waals surface area contributed by atoms with Gasteiger partial charge in [0, 0.05) is 0 Å². The molecule has 0 unspecified atom stereocenters. The molecular weight excluding hydrogens is 166 g/mol. The Morgan fingerprint density at radius 1 is 1.00 bits per heavy atom. The zero-order valence-corrected chi connectivity index (χ0v) is 10.1. The fourth-order valence-corrected chi connectivity index (χ4v) is 4.90. The van der Waals surface area contributed by atoms with Crippen LogP contribution in [0.25, 0.3) is 0 Å². The van der Waals surface area contributed by atoms with Crippen LogP contribution in [0.5, 0.6) is 0 Å². The molecule has 0 aliphatic carbocycles. The van der Waals surface area contributed by atoms with Crippen molar-refractivity contribution in [3.8, 4) is 0 Å². The van der Waals surface area contributed by atoms with Crippen LogP contribution in [-0.4, -0.2) is 40.3 Å². The largest absolute Gasteiger partial charge is 0.316 e. The highest BCUT2D eigenvalue weighted by Gasteiger charge is 2.34. The summed E-state index contributed by atoms with van der Waals surface area (Å²) in [6.45, 7) is 8.93. The molecule has 0 heterocycles. The van der Waals surface area contributed by atoms with Gasteiger partial charge in [0.15, 0.2) is 0 Å². The van der Waals surface area contributed by atoms with Crippen molar-refractivity contribution in [1.82, 2.24) is 14.5 Å². The maximum atomic E-state index is 3.47. The fourth-order valence-electron chi connectivity index (χ4n) is 1.78.